The Balaban J connectivity index is 2.56. The number of hydrogen-bond acceptors (Lipinski definition) is 3. The van der Waals surface area contributed by atoms with Gasteiger partial charge in [-0.1, -0.05) is 29.8 Å². The lowest BCUT2D eigenvalue weighted by atomic mass is 10.1. The van der Waals surface area contributed by atoms with Crippen LogP contribution in [0.3, 0.4) is 0 Å². The van der Waals surface area contributed by atoms with E-state index in [1.165, 1.54) is 0 Å². The molecule has 0 spiro atoms. The fourth-order valence-corrected chi connectivity index (χ4v) is 1.83. The van der Waals surface area contributed by atoms with Gasteiger partial charge in [0.25, 0.3) is 0 Å². The van der Waals surface area contributed by atoms with Crippen molar-refractivity contribution in [1.82, 2.24) is 5.32 Å². The van der Waals surface area contributed by atoms with Crippen LogP contribution in [0.25, 0.3) is 6.08 Å². The molecule has 0 aromatic heterocycles. The first-order chi connectivity index (χ1) is 10.2. The van der Waals surface area contributed by atoms with Crippen molar-refractivity contribution in [2.75, 3.05) is 6.54 Å². The van der Waals surface area contributed by atoms with Crippen LogP contribution in [-0.4, -0.2) is 29.3 Å². The standard InChI is InChI=1S/C16H20ClNO4/c1-16(2,3)22-15(21)18-8-4-5-11-6-7-13(17)12(9-11)10-14(19)20/h4-7,9H,8,10H2,1-3H3,(H,18,21)(H,19,20). The van der Waals surface area contributed by atoms with E-state index in [0.717, 1.165) is 5.56 Å². The number of carbonyl (C=O) groups excluding carboxylic acids is 1. The first kappa shape index (κ1) is 18.0. The monoisotopic (exact) mass is 325 g/mol. The Morgan fingerprint density at radius 1 is 1.36 bits per heavy atom. The largest absolute Gasteiger partial charge is 0.481 e. The molecule has 2 N–H and O–H groups in total. The lowest BCUT2D eigenvalue weighted by Crippen LogP contribution is -2.32. The first-order valence-electron chi connectivity index (χ1n) is 6.81. The fourth-order valence-electron chi connectivity index (χ4n) is 1.65. The number of carbonyl (C=O) groups is 2. The Kier molecular flexibility index (Phi) is 6.43. The number of rotatable bonds is 5. The third-order valence-electron chi connectivity index (χ3n) is 2.48. The number of amides is 1. The van der Waals surface area contributed by atoms with Crippen LogP contribution in [0.4, 0.5) is 4.79 Å². The van der Waals surface area contributed by atoms with E-state index in [2.05, 4.69) is 5.32 Å². The molecule has 5 nitrogen and oxygen atoms in total. The summed E-state index contributed by atoms with van der Waals surface area (Å²) in [5.74, 6) is -0.936. The second-order valence-corrected chi connectivity index (χ2v) is 6.11. The van der Waals surface area contributed by atoms with E-state index >= 15 is 0 Å². The van der Waals surface area contributed by atoms with Gasteiger partial charge in [-0.15, -0.1) is 0 Å². The Hall–Kier alpha value is -2.01. The second-order valence-electron chi connectivity index (χ2n) is 5.71. The maximum atomic E-state index is 11.4. The number of carboxylic acids is 1. The molecule has 120 valence electrons. The Morgan fingerprint density at radius 3 is 2.64 bits per heavy atom. The average Bonchev–Trinajstić information content (AvgIpc) is 2.35. The predicted molar refractivity (Wildman–Crippen MR) is 86.1 cm³/mol. The molecule has 1 amide bonds. The summed E-state index contributed by atoms with van der Waals surface area (Å²) in [6, 6.07) is 5.14. The summed E-state index contributed by atoms with van der Waals surface area (Å²) in [4.78, 5) is 22.2. The van der Waals surface area contributed by atoms with Crippen molar-refractivity contribution < 1.29 is 19.4 Å². The molecule has 0 unspecified atom stereocenters. The molecule has 22 heavy (non-hydrogen) atoms. The van der Waals surface area contributed by atoms with Crippen LogP contribution >= 0.6 is 11.6 Å². The molecule has 0 saturated heterocycles. The average molecular weight is 326 g/mol. The Labute approximate surface area is 134 Å². The van der Waals surface area contributed by atoms with Gasteiger partial charge in [0.05, 0.1) is 6.42 Å². The van der Waals surface area contributed by atoms with E-state index in [1.54, 1.807) is 51.1 Å². The number of nitrogens with one attached hydrogen (secondary N) is 1. The predicted octanol–water partition coefficient (Wildman–Crippen LogP) is 3.51. The van der Waals surface area contributed by atoms with Crippen molar-refractivity contribution in [3.05, 3.63) is 40.4 Å². The maximum absolute atomic E-state index is 11.4. The smallest absolute Gasteiger partial charge is 0.407 e. The van der Waals surface area contributed by atoms with Crippen LogP contribution in [0.15, 0.2) is 24.3 Å². The highest BCUT2D eigenvalue weighted by molar-refractivity contribution is 6.31. The molecular weight excluding hydrogens is 306 g/mol. The summed E-state index contributed by atoms with van der Waals surface area (Å²) < 4.78 is 5.10. The van der Waals surface area contributed by atoms with Crippen LogP contribution in [0.2, 0.25) is 5.02 Å². The van der Waals surface area contributed by atoms with Crippen LogP contribution in [0.5, 0.6) is 0 Å². The van der Waals surface area contributed by atoms with Crippen LogP contribution < -0.4 is 5.32 Å². The molecule has 0 heterocycles. The van der Waals surface area contributed by atoms with Crippen LogP contribution in [0.1, 0.15) is 31.9 Å². The van der Waals surface area contributed by atoms with Crippen molar-refractivity contribution in [3.8, 4) is 0 Å². The number of alkyl carbamates (subject to hydrolysis) is 1. The number of ether oxygens (including phenoxy) is 1. The molecule has 1 aromatic carbocycles. The van der Waals surface area contributed by atoms with E-state index in [0.29, 0.717) is 17.1 Å². The highest BCUT2D eigenvalue weighted by atomic mass is 35.5. The minimum absolute atomic E-state index is 0.128. The molecule has 0 atom stereocenters. The minimum atomic E-state index is -0.936. The van der Waals surface area contributed by atoms with Crippen LogP contribution in [0, 0.1) is 0 Å². The quantitative estimate of drug-likeness (QED) is 0.868. The summed E-state index contributed by atoms with van der Waals surface area (Å²) in [5, 5.41) is 11.8. The van der Waals surface area contributed by atoms with E-state index < -0.39 is 17.7 Å². The van der Waals surface area contributed by atoms with Crippen LogP contribution in [-0.2, 0) is 16.0 Å². The Morgan fingerprint density at radius 2 is 2.05 bits per heavy atom. The molecule has 0 bridgehead atoms. The molecule has 1 rings (SSSR count). The van der Waals surface area contributed by atoms with Gasteiger partial charge in [0, 0.05) is 11.6 Å². The molecule has 6 heteroatoms. The zero-order valence-electron chi connectivity index (χ0n) is 12.9. The maximum Gasteiger partial charge on any atom is 0.407 e. The van der Waals surface area contributed by atoms with Crippen molar-refractivity contribution in [2.45, 2.75) is 32.8 Å². The zero-order chi connectivity index (χ0) is 16.8. The van der Waals surface area contributed by atoms with Gasteiger partial charge in [-0.3, -0.25) is 4.79 Å². The van der Waals surface area contributed by atoms with Crippen molar-refractivity contribution in [2.24, 2.45) is 0 Å². The van der Waals surface area contributed by atoms with Crippen molar-refractivity contribution >= 4 is 29.7 Å². The third kappa shape index (κ3) is 7.13. The van der Waals surface area contributed by atoms with E-state index in [-0.39, 0.29) is 6.42 Å². The summed E-state index contributed by atoms with van der Waals surface area (Å²) in [6.45, 7) is 5.69. The van der Waals surface area contributed by atoms with Gasteiger partial charge in [-0.2, -0.15) is 0 Å². The number of hydrogen-bond donors (Lipinski definition) is 2. The topological polar surface area (TPSA) is 75.6 Å². The second kappa shape index (κ2) is 7.84. The fraction of sp³-hybridized carbons (Fsp3) is 0.375. The highest BCUT2D eigenvalue weighted by Crippen LogP contribution is 2.19. The van der Waals surface area contributed by atoms with E-state index in [4.69, 9.17) is 21.4 Å². The lowest BCUT2D eigenvalue weighted by molar-refractivity contribution is -0.136. The van der Waals surface area contributed by atoms with Crippen molar-refractivity contribution in [3.63, 3.8) is 0 Å². The van der Waals surface area contributed by atoms with E-state index in [9.17, 15) is 9.59 Å². The van der Waals surface area contributed by atoms with Gasteiger partial charge in [0.1, 0.15) is 5.60 Å². The molecular formula is C16H20ClNO4. The lowest BCUT2D eigenvalue weighted by Gasteiger charge is -2.19. The van der Waals surface area contributed by atoms with Gasteiger partial charge >= 0.3 is 12.1 Å². The molecule has 0 aliphatic carbocycles. The van der Waals surface area contributed by atoms with Gasteiger partial charge in [0.2, 0.25) is 0 Å². The first-order valence-corrected chi connectivity index (χ1v) is 7.19. The van der Waals surface area contributed by atoms with Gasteiger partial charge in [-0.05, 0) is 44.0 Å². The molecule has 0 aliphatic heterocycles. The summed E-state index contributed by atoms with van der Waals surface area (Å²) in [5.41, 5.74) is 0.832. The number of benzene rings is 1. The minimum Gasteiger partial charge on any atom is -0.481 e. The molecule has 0 radical (unpaired) electrons. The van der Waals surface area contributed by atoms with Gasteiger partial charge in [0.15, 0.2) is 0 Å². The zero-order valence-corrected chi connectivity index (χ0v) is 13.6. The SMILES string of the molecule is CC(C)(C)OC(=O)NCC=Cc1ccc(Cl)c(CC(=O)O)c1. The number of carboxylic acid groups (broad SMARTS) is 1. The van der Waals surface area contributed by atoms with Gasteiger partial charge in [-0.25, -0.2) is 4.79 Å². The summed E-state index contributed by atoms with van der Waals surface area (Å²) in [7, 11) is 0. The Bertz CT molecular complexity index is 576. The normalized spacial score (nSPS) is 11.5. The number of halogens is 1. The highest BCUT2D eigenvalue weighted by Gasteiger charge is 2.14. The summed E-state index contributed by atoms with van der Waals surface area (Å²) in [6.07, 6.45) is 2.91. The van der Waals surface area contributed by atoms with Crippen molar-refractivity contribution in [1.29, 1.82) is 0 Å². The molecule has 0 fully saturated rings. The molecule has 0 saturated carbocycles. The molecule has 1 aromatic rings. The summed E-state index contributed by atoms with van der Waals surface area (Å²) >= 11 is 5.94. The van der Waals surface area contributed by atoms with E-state index in [1.807, 2.05) is 0 Å². The van der Waals surface area contributed by atoms with Gasteiger partial charge < -0.3 is 15.2 Å². The third-order valence-corrected chi connectivity index (χ3v) is 2.85. The number of aliphatic carboxylic acids is 1. The molecule has 0 aliphatic rings.